The third-order valence-corrected chi connectivity index (χ3v) is 2.91. The van der Waals surface area contributed by atoms with Gasteiger partial charge in [0.25, 0.3) is 0 Å². The van der Waals surface area contributed by atoms with Crippen LogP contribution in [0.25, 0.3) is 0 Å². The number of hydrogen-bond acceptors (Lipinski definition) is 3. The van der Waals surface area contributed by atoms with Crippen LogP contribution in [0.3, 0.4) is 0 Å². The first-order chi connectivity index (χ1) is 9.56. The van der Waals surface area contributed by atoms with Gasteiger partial charge in [-0.25, -0.2) is 0 Å². The summed E-state index contributed by atoms with van der Waals surface area (Å²) in [5.74, 6) is 0.301. The zero-order chi connectivity index (χ0) is 14.5. The van der Waals surface area contributed by atoms with E-state index in [1.54, 1.807) is 0 Å². The zero-order valence-electron chi connectivity index (χ0n) is 11.7. The number of amides is 1. The maximum Gasteiger partial charge on any atom is 0.221 e. The average Bonchev–Trinajstić information content (AvgIpc) is 2.86. The van der Waals surface area contributed by atoms with Crippen LogP contribution in [0.2, 0.25) is 0 Å². The molecule has 0 aliphatic heterocycles. The third kappa shape index (κ3) is 3.60. The van der Waals surface area contributed by atoms with Gasteiger partial charge in [-0.3, -0.25) is 9.48 Å². The summed E-state index contributed by atoms with van der Waals surface area (Å²) in [6, 6.07) is 9.65. The number of nitrogens with zero attached hydrogens (tertiary/aromatic N) is 2. The molecule has 1 amide bonds. The predicted octanol–water partition coefficient (Wildman–Crippen LogP) is 2.07. The molecule has 1 heterocycles. The van der Waals surface area contributed by atoms with Gasteiger partial charge in [-0.15, -0.1) is 0 Å². The largest absolute Gasteiger partial charge is 0.487 e. The van der Waals surface area contributed by atoms with Crippen molar-refractivity contribution in [3.05, 3.63) is 47.8 Å². The minimum atomic E-state index is -0.370. The van der Waals surface area contributed by atoms with Crippen LogP contribution < -0.4 is 10.5 Å². The first kappa shape index (κ1) is 14.1. The van der Waals surface area contributed by atoms with E-state index < -0.39 is 0 Å². The van der Waals surface area contributed by atoms with Gasteiger partial charge in [0.2, 0.25) is 5.91 Å². The Bertz CT molecular complexity index is 590. The molecule has 0 unspecified atom stereocenters. The molecule has 0 spiro atoms. The molecule has 1 aromatic heterocycles. The van der Waals surface area contributed by atoms with Crippen molar-refractivity contribution in [1.82, 2.24) is 9.78 Å². The number of benzene rings is 1. The van der Waals surface area contributed by atoms with Crippen LogP contribution in [0.15, 0.2) is 36.5 Å². The van der Waals surface area contributed by atoms with Gasteiger partial charge in [-0.1, -0.05) is 18.2 Å². The Morgan fingerprint density at radius 2 is 2.10 bits per heavy atom. The van der Waals surface area contributed by atoms with Crippen molar-refractivity contribution >= 4 is 5.91 Å². The van der Waals surface area contributed by atoms with Gasteiger partial charge in [-0.05, 0) is 26.0 Å². The molecule has 5 heteroatoms. The molecule has 0 atom stereocenters. The smallest absolute Gasteiger partial charge is 0.221 e. The summed E-state index contributed by atoms with van der Waals surface area (Å²) in [5.41, 5.74) is 6.88. The van der Waals surface area contributed by atoms with Crippen LogP contribution in [-0.4, -0.2) is 15.7 Å². The monoisotopic (exact) mass is 273 g/mol. The van der Waals surface area contributed by atoms with Gasteiger partial charge < -0.3 is 10.5 Å². The molecule has 20 heavy (non-hydrogen) atoms. The normalized spacial score (nSPS) is 10.8. The number of nitrogens with two attached hydrogens (primary N) is 1. The number of ether oxygens (including phenoxy) is 1. The van der Waals surface area contributed by atoms with E-state index in [0.29, 0.717) is 18.4 Å². The maximum atomic E-state index is 11.0. The Balaban J connectivity index is 2.04. The minimum absolute atomic E-state index is 0.177. The molecule has 0 aliphatic carbocycles. The lowest BCUT2D eigenvalue weighted by atomic mass is 10.1. The Labute approximate surface area is 118 Å². The second kappa shape index (κ2) is 6.23. The molecule has 2 aromatic rings. The van der Waals surface area contributed by atoms with Gasteiger partial charge in [0.05, 0.1) is 12.1 Å². The number of aromatic nitrogens is 2. The van der Waals surface area contributed by atoms with Crippen LogP contribution in [0.5, 0.6) is 5.75 Å². The fraction of sp³-hybridized carbons (Fsp3) is 0.333. The van der Waals surface area contributed by atoms with Gasteiger partial charge >= 0.3 is 0 Å². The van der Waals surface area contributed by atoms with E-state index in [9.17, 15) is 4.79 Å². The molecule has 106 valence electrons. The van der Waals surface area contributed by atoms with Gasteiger partial charge in [-0.2, -0.15) is 5.10 Å². The summed E-state index contributed by atoms with van der Waals surface area (Å²) >= 11 is 0. The van der Waals surface area contributed by atoms with Crippen LogP contribution in [-0.2, 0) is 17.8 Å². The van der Waals surface area contributed by atoms with E-state index in [4.69, 9.17) is 10.5 Å². The van der Waals surface area contributed by atoms with Crippen molar-refractivity contribution in [2.24, 2.45) is 5.73 Å². The molecule has 0 fully saturated rings. The fourth-order valence-electron chi connectivity index (χ4n) is 1.87. The van der Waals surface area contributed by atoms with Gasteiger partial charge in [0.1, 0.15) is 12.4 Å². The Kier molecular flexibility index (Phi) is 4.40. The van der Waals surface area contributed by atoms with Crippen molar-refractivity contribution in [3.8, 4) is 5.75 Å². The molecule has 0 saturated heterocycles. The highest BCUT2D eigenvalue weighted by molar-refractivity contribution is 5.77. The molecule has 1 aromatic carbocycles. The van der Waals surface area contributed by atoms with Crippen molar-refractivity contribution in [2.45, 2.75) is 32.9 Å². The second-order valence-electron chi connectivity index (χ2n) is 4.92. The topological polar surface area (TPSA) is 70.1 Å². The number of hydrogen-bond donors (Lipinski definition) is 1. The maximum absolute atomic E-state index is 11.0. The van der Waals surface area contributed by atoms with Crippen LogP contribution in [0, 0.1) is 0 Å². The molecule has 2 rings (SSSR count). The summed E-state index contributed by atoms with van der Waals surface area (Å²) in [4.78, 5) is 11.0. The quantitative estimate of drug-likeness (QED) is 0.876. The van der Waals surface area contributed by atoms with Crippen LogP contribution in [0.1, 0.15) is 31.1 Å². The van der Waals surface area contributed by atoms with Crippen molar-refractivity contribution in [3.63, 3.8) is 0 Å². The number of primary amides is 1. The average molecular weight is 273 g/mol. The van der Waals surface area contributed by atoms with Gasteiger partial charge in [0.15, 0.2) is 0 Å². The standard InChI is InChI=1S/C15H19N3O2/c1-11(2)18-8-7-13(17-18)10-20-14-6-4-3-5-12(14)9-15(16)19/h3-8,11H,9-10H2,1-2H3,(H2,16,19). The van der Waals surface area contributed by atoms with Crippen molar-refractivity contribution < 1.29 is 9.53 Å². The molecule has 0 saturated carbocycles. The van der Waals surface area contributed by atoms with Crippen LogP contribution >= 0.6 is 0 Å². The van der Waals surface area contributed by atoms with E-state index in [2.05, 4.69) is 18.9 Å². The molecule has 0 bridgehead atoms. The highest BCUT2D eigenvalue weighted by atomic mass is 16.5. The van der Waals surface area contributed by atoms with E-state index in [-0.39, 0.29) is 12.3 Å². The molecule has 0 aliphatic rings. The molecule has 2 N–H and O–H groups in total. The minimum Gasteiger partial charge on any atom is -0.487 e. The van der Waals surface area contributed by atoms with E-state index in [0.717, 1.165) is 11.3 Å². The highest BCUT2D eigenvalue weighted by Gasteiger charge is 2.08. The number of para-hydroxylation sites is 1. The molecular weight excluding hydrogens is 254 g/mol. The number of rotatable bonds is 6. The third-order valence-electron chi connectivity index (χ3n) is 2.91. The summed E-state index contributed by atoms with van der Waals surface area (Å²) < 4.78 is 7.62. The van der Waals surface area contributed by atoms with E-state index in [1.165, 1.54) is 0 Å². The molecule has 5 nitrogen and oxygen atoms in total. The Hall–Kier alpha value is -2.30. The van der Waals surface area contributed by atoms with E-state index >= 15 is 0 Å². The lowest BCUT2D eigenvalue weighted by molar-refractivity contribution is -0.117. The highest BCUT2D eigenvalue weighted by Crippen LogP contribution is 2.19. The molecule has 0 radical (unpaired) electrons. The van der Waals surface area contributed by atoms with Gasteiger partial charge in [0, 0.05) is 17.8 Å². The SMILES string of the molecule is CC(C)n1ccc(COc2ccccc2CC(N)=O)n1. The fourth-order valence-corrected chi connectivity index (χ4v) is 1.87. The number of carbonyl (C=O) groups excluding carboxylic acids is 1. The molecular formula is C15H19N3O2. The van der Waals surface area contributed by atoms with Crippen LogP contribution in [0.4, 0.5) is 0 Å². The summed E-state index contributed by atoms with van der Waals surface area (Å²) in [6.07, 6.45) is 2.11. The summed E-state index contributed by atoms with van der Waals surface area (Å²) in [7, 11) is 0. The Morgan fingerprint density at radius 1 is 1.35 bits per heavy atom. The first-order valence-corrected chi connectivity index (χ1v) is 6.59. The van der Waals surface area contributed by atoms with E-state index in [1.807, 2.05) is 41.2 Å². The summed E-state index contributed by atoms with van der Waals surface area (Å²) in [6.45, 7) is 4.51. The lowest BCUT2D eigenvalue weighted by Gasteiger charge is -2.09. The Morgan fingerprint density at radius 3 is 2.75 bits per heavy atom. The number of carbonyl (C=O) groups is 1. The summed E-state index contributed by atoms with van der Waals surface area (Å²) in [5, 5.41) is 4.42. The van der Waals surface area contributed by atoms with Crippen molar-refractivity contribution in [2.75, 3.05) is 0 Å². The first-order valence-electron chi connectivity index (χ1n) is 6.59. The zero-order valence-corrected chi connectivity index (χ0v) is 11.7. The predicted molar refractivity (Wildman–Crippen MR) is 76.3 cm³/mol. The second-order valence-corrected chi connectivity index (χ2v) is 4.92. The van der Waals surface area contributed by atoms with Crippen molar-refractivity contribution in [1.29, 1.82) is 0 Å². The lowest BCUT2D eigenvalue weighted by Crippen LogP contribution is -2.14.